The van der Waals surface area contributed by atoms with Crippen LogP contribution in [0.5, 0.6) is 0 Å². The van der Waals surface area contributed by atoms with Crippen LogP contribution in [-0.2, 0) is 35.3 Å². The summed E-state index contributed by atoms with van der Waals surface area (Å²) in [6.07, 6.45) is 8.63. The fourth-order valence-corrected chi connectivity index (χ4v) is 5.44. The monoisotopic (exact) mass is 499 g/mol. The van der Waals surface area contributed by atoms with Crippen LogP contribution in [0.25, 0.3) is 0 Å². The van der Waals surface area contributed by atoms with Crippen LogP contribution in [0.4, 0.5) is 5.69 Å². The summed E-state index contributed by atoms with van der Waals surface area (Å²) in [6, 6.07) is 6.08. The molecule has 11 heteroatoms. The van der Waals surface area contributed by atoms with Gasteiger partial charge >= 0.3 is 5.97 Å². The lowest BCUT2D eigenvalue weighted by molar-refractivity contribution is -0.167. The third kappa shape index (κ3) is 4.34. The number of amides is 1. The molecule has 0 spiro atoms. The van der Waals surface area contributed by atoms with Gasteiger partial charge in [0.1, 0.15) is 12.1 Å². The van der Waals surface area contributed by atoms with Crippen LogP contribution in [0.1, 0.15) is 65.2 Å². The van der Waals surface area contributed by atoms with Crippen LogP contribution in [-0.4, -0.2) is 47.3 Å². The standard InChI is InChI=1S/C26H25N7O4/c27-10-16-12-29-32(14-16)24(33-15-17(11-28)13-30-33)26(37,25(35)36)8-7-22(34)31-23-20-5-1-3-18(20)9-19-4-2-6-21(19)23/h9,12-15,24,37H,1-8H2,(H,31,34)(H,35,36). The summed E-state index contributed by atoms with van der Waals surface area (Å²) in [4.78, 5) is 25.6. The summed E-state index contributed by atoms with van der Waals surface area (Å²) in [5, 5.41) is 51.1. The highest BCUT2D eigenvalue weighted by Gasteiger charge is 2.48. The quantitative estimate of drug-likeness (QED) is 0.423. The number of aryl methyl sites for hydroxylation is 2. The first kappa shape index (κ1) is 24.2. The first-order chi connectivity index (χ1) is 17.8. The highest BCUT2D eigenvalue weighted by Crippen LogP contribution is 2.39. The number of carbonyl (C=O) groups excluding carboxylic acids is 1. The molecule has 188 valence electrons. The van der Waals surface area contributed by atoms with Gasteiger partial charge in [0.15, 0.2) is 6.17 Å². The van der Waals surface area contributed by atoms with E-state index in [1.807, 2.05) is 12.1 Å². The molecule has 37 heavy (non-hydrogen) atoms. The Hall–Kier alpha value is -4.48. The van der Waals surface area contributed by atoms with Crippen molar-refractivity contribution < 1.29 is 19.8 Å². The van der Waals surface area contributed by atoms with Crippen molar-refractivity contribution >= 4 is 17.6 Å². The van der Waals surface area contributed by atoms with Gasteiger partial charge in [-0.05, 0) is 67.2 Å². The molecule has 2 aliphatic carbocycles. The van der Waals surface area contributed by atoms with Gasteiger partial charge in [-0.25, -0.2) is 14.2 Å². The summed E-state index contributed by atoms with van der Waals surface area (Å²) < 4.78 is 2.21. The van der Waals surface area contributed by atoms with Gasteiger partial charge < -0.3 is 15.5 Å². The highest BCUT2D eigenvalue weighted by molar-refractivity contribution is 5.94. The van der Waals surface area contributed by atoms with Crippen molar-refractivity contribution in [2.75, 3.05) is 5.32 Å². The Morgan fingerprint density at radius 1 is 1.00 bits per heavy atom. The van der Waals surface area contributed by atoms with Gasteiger partial charge in [0.25, 0.3) is 0 Å². The summed E-state index contributed by atoms with van der Waals surface area (Å²) in [6.45, 7) is 0. The second-order valence-electron chi connectivity index (χ2n) is 9.53. The summed E-state index contributed by atoms with van der Waals surface area (Å²) >= 11 is 0. The number of aliphatic hydroxyl groups is 1. The number of nitriles is 2. The summed E-state index contributed by atoms with van der Waals surface area (Å²) in [5.74, 6) is -1.99. The van der Waals surface area contributed by atoms with Crippen molar-refractivity contribution in [1.29, 1.82) is 10.5 Å². The largest absolute Gasteiger partial charge is 0.479 e. The zero-order valence-corrected chi connectivity index (χ0v) is 20.0. The van der Waals surface area contributed by atoms with E-state index in [0.29, 0.717) is 0 Å². The average molecular weight is 500 g/mol. The van der Waals surface area contributed by atoms with Gasteiger partial charge in [0.2, 0.25) is 11.5 Å². The van der Waals surface area contributed by atoms with Gasteiger partial charge in [0, 0.05) is 24.5 Å². The van der Waals surface area contributed by atoms with Crippen molar-refractivity contribution in [3.63, 3.8) is 0 Å². The van der Waals surface area contributed by atoms with E-state index >= 15 is 0 Å². The number of carbonyl (C=O) groups is 2. The Kier molecular flexibility index (Phi) is 6.24. The molecule has 2 aromatic heterocycles. The van der Waals surface area contributed by atoms with Gasteiger partial charge in [-0.3, -0.25) is 4.79 Å². The smallest absolute Gasteiger partial charge is 0.340 e. The normalized spacial score (nSPS) is 15.5. The lowest BCUT2D eigenvalue weighted by Crippen LogP contribution is -2.50. The van der Waals surface area contributed by atoms with E-state index in [-0.39, 0.29) is 17.5 Å². The fraction of sp³-hybridized carbons (Fsp3) is 0.385. The second-order valence-corrected chi connectivity index (χ2v) is 9.53. The molecule has 3 aromatic rings. The zero-order valence-electron chi connectivity index (χ0n) is 20.0. The molecular formula is C26H25N7O4. The molecule has 0 saturated carbocycles. The van der Waals surface area contributed by atoms with Gasteiger partial charge in [-0.15, -0.1) is 0 Å². The number of hydrogen-bond acceptors (Lipinski definition) is 7. The molecule has 1 amide bonds. The minimum absolute atomic E-state index is 0.148. The van der Waals surface area contributed by atoms with E-state index in [4.69, 9.17) is 0 Å². The molecule has 1 atom stereocenters. The fourth-order valence-electron chi connectivity index (χ4n) is 5.44. The number of carboxylic acids is 1. The predicted molar refractivity (Wildman–Crippen MR) is 129 cm³/mol. The molecule has 2 heterocycles. The molecule has 5 rings (SSSR count). The Morgan fingerprint density at radius 3 is 2.00 bits per heavy atom. The molecule has 0 radical (unpaired) electrons. The van der Waals surface area contributed by atoms with E-state index in [9.17, 15) is 30.3 Å². The van der Waals surface area contributed by atoms with Gasteiger partial charge in [-0.2, -0.15) is 20.7 Å². The molecular weight excluding hydrogens is 474 g/mol. The predicted octanol–water partition coefficient (Wildman–Crippen LogP) is 2.08. The maximum Gasteiger partial charge on any atom is 0.340 e. The first-order valence-corrected chi connectivity index (χ1v) is 12.1. The van der Waals surface area contributed by atoms with Crippen molar-refractivity contribution in [3.8, 4) is 12.1 Å². The van der Waals surface area contributed by atoms with Crippen LogP contribution < -0.4 is 5.32 Å². The molecule has 1 aromatic carbocycles. The number of aromatic nitrogens is 4. The van der Waals surface area contributed by atoms with Crippen LogP contribution in [0.2, 0.25) is 0 Å². The Bertz CT molecular complexity index is 1390. The highest BCUT2D eigenvalue weighted by atomic mass is 16.4. The van der Waals surface area contributed by atoms with Crippen LogP contribution in [0, 0.1) is 22.7 Å². The minimum atomic E-state index is -2.53. The van der Waals surface area contributed by atoms with E-state index in [1.165, 1.54) is 35.9 Å². The molecule has 2 aliphatic rings. The Labute approximate surface area is 212 Å². The SMILES string of the molecule is N#Cc1cnn(C(n2cc(C#N)cn2)C(O)(CCC(=O)Nc2c3c(cc4c2CCC4)CCC3)C(=O)O)c1. The number of fused-ring (bicyclic) bond motifs is 2. The van der Waals surface area contributed by atoms with E-state index < -0.39 is 30.1 Å². The third-order valence-electron chi connectivity index (χ3n) is 7.23. The summed E-state index contributed by atoms with van der Waals surface area (Å²) in [7, 11) is 0. The number of rotatable bonds is 8. The number of hydrogen-bond donors (Lipinski definition) is 3. The molecule has 0 saturated heterocycles. The minimum Gasteiger partial charge on any atom is -0.479 e. The zero-order chi connectivity index (χ0) is 26.2. The van der Waals surface area contributed by atoms with E-state index in [0.717, 1.165) is 64.7 Å². The Balaban J connectivity index is 1.43. The van der Waals surface area contributed by atoms with Crippen molar-refractivity contribution in [1.82, 2.24) is 19.6 Å². The third-order valence-corrected chi connectivity index (χ3v) is 7.23. The van der Waals surface area contributed by atoms with Crippen molar-refractivity contribution in [2.24, 2.45) is 0 Å². The number of aliphatic carboxylic acids is 1. The van der Waals surface area contributed by atoms with E-state index in [2.05, 4.69) is 21.6 Å². The molecule has 3 N–H and O–H groups in total. The summed E-state index contributed by atoms with van der Waals surface area (Å²) in [5.41, 5.74) is 3.44. The van der Waals surface area contributed by atoms with Gasteiger partial charge in [0.05, 0.1) is 23.5 Å². The average Bonchev–Trinajstić information content (AvgIpc) is 3.69. The van der Waals surface area contributed by atoms with Gasteiger partial charge in [-0.1, -0.05) is 6.07 Å². The van der Waals surface area contributed by atoms with Crippen LogP contribution in [0.3, 0.4) is 0 Å². The lowest BCUT2D eigenvalue weighted by atomic mass is 9.93. The number of nitrogens with zero attached hydrogens (tertiary/aromatic N) is 6. The molecule has 0 bridgehead atoms. The van der Waals surface area contributed by atoms with Crippen molar-refractivity contribution in [2.45, 2.75) is 63.1 Å². The lowest BCUT2D eigenvalue weighted by Gasteiger charge is -2.32. The number of benzene rings is 1. The number of carboxylic acid groups (broad SMARTS) is 1. The van der Waals surface area contributed by atoms with Crippen LogP contribution >= 0.6 is 0 Å². The molecule has 1 unspecified atom stereocenters. The molecule has 0 aliphatic heterocycles. The first-order valence-electron chi connectivity index (χ1n) is 12.1. The van der Waals surface area contributed by atoms with Crippen LogP contribution in [0.15, 0.2) is 30.9 Å². The maximum absolute atomic E-state index is 13.1. The topological polar surface area (TPSA) is 170 Å². The van der Waals surface area contributed by atoms with E-state index in [1.54, 1.807) is 0 Å². The van der Waals surface area contributed by atoms with Crippen molar-refractivity contribution in [3.05, 3.63) is 64.2 Å². The second kappa shape index (κ2) is 9.52. The Morgan fingerprint density at radius 2 is 1.54 bits per heavy atom. The maximum atomic E-state index is 13.1. The molecule has 0 fully saturated rings. The number of nitrogens with one attached hydrogen (secondary N) is 1. The number of anilines is 1. The molecule has 11 nitrogen and oxygen atoms in total.